The number of urea groups is 1. The number of likely N-dealkylation sites (tertiary alicyclic amines) is 1. The first-order valence-electron chi connectivity index (χ1n) is 9.58. The molecule has 2 fully saturated rings. The van der Waals surface area contributed by atoms with Gasteiger partial charge in [-0.1, -0.05) is 11.6 Å². The Balaban J connectivity index is 1.56. The van der Waals surface area contributed by atoms with Crippen molar-refractivity contribution in [2.75, 3.05) is 32.0 Å². The molecule has 154 valence electrons. The Morgan fingerprint density at radius 1 is 1.18 bits per heavy atom. The molecule has 2 saturated heterocycles. The van der Waals surface area contributed by atoms with Gasteiger partial charge in [-0.25, -0.2) is 4.79 Å². The third-order valence-corrected chi connectivity index (χ3v) is 6.77. The van der Waals surface area contributed by atoms with E-state index in [4.69, 9.17) is 16.3 Å². The summed E-state index contributed by atoms with van der Waals surface area (Å²) in [5, 5.41) is 3.65. The van der Waals surface area contributed by atoms with E-state index in [1.165, 1.54) is 0 Å². The quantitative estimate of drug-likeness (QED) is 0.803. The van der Waals surface area contributed by atoms with Gasteiger partial charge in [-0.05, 0) is 57.9 Å². The standard InChI is InChI=1S/C20H28ClN3O3S/c1-19(2,3)22-18(26)23-10-8-20(9-11-23)24(12-13-28-20)17(25)14-27-16-6-4-15(21)5-7-16/h4-7H,8-14H2,1-3H3,(H,22,26). The highest BCUT2D eigenvalue weighted by Gasteiger charge is 2.47. The Kier molecular flexibility index (Phi) is 6.34. The molecule has 0 aliphatic carbocycles. The molecule has 28 heavy (non-hydrogen) atoms. The van der Waals surface area contributed by atoms with Gasteiger partial charge in [0.05, 0.1) is 4.87 Å². The number of carbonyl (C=O) groups is 2. The monoisotopic (exact) mass is 425 g/mol. The third-order valence-electron chi connectivity index (χ3n) is 4.97. The summed E-state index contributed by atoms with van der Waals surface area (Å²) in [6.45, 7) is 7.96. The summed E-state index contributed by atoms with van der Waals surface area (Å²) >= 11 is 7.71. The number of amides is 3. The van der Waals surface area contributed by atoms with Crippen molar-refractivity contribution in [3.8, 4) is 5.75 Å². The van der Waals surface area contributed by atoms with Gasteiger partial charge in [0.25, 0.3) is 5.91 Å². The van der Waals surface area contributed by atoms with Crippen molar-refractivity contribution >= 4 is 35.3 Å². The van der Waals surface area contributed by atoms with Crippen LogP contribution in [0.3, 0.4) is 0 Å². The van der Waals surface area contributed by atoms with Gasteiger partial charge in [-0.2, -0.15) is 0 Å². The second kappa shape index (κ2) is 8.41. The number of ether oxygens (including phenoxy) is 1. The van der Waals surface area contributed by atoms with Crippen molar-refractivity contribution in [1.82, 2.24) is 15.1 Å². The maximum atomic E-state index is 12.8. The zero-order valence-electron chi connectivity index (χ0n) is 16.7. The minimum atomic E-state index is -0.255. The van der Waals surface area contributed by atoms with E-state index in [-0.39, 0.29) is 29.0 Å². The third kappa shape index (κ3) is 5.06. The van der Waals surface area contributed by atoms with E-state index in [2.05, 4.69) is 5.32 Å². The van der Waals surface area contributed by atoms with Crippen LogP contribution in [0.1, 0.15) is 33.6 Å². The van der Waals surface area contributed by atoms with Crippen LogP contribution in [0.2, 0.25) is 5.02 Å². The highest BCUT2D eigenvalue weighted by molar-refractivity contribution is 8.00. The topological polar surface area (TPSA) is 61.9 Å². The van der Waals surface area contributed by atoms with Crippen LogP contribution in [0, 0.1) is 0 Å². The Bertz CT molecular complexity index is 712. The normalized spacial score (nSPS) is 19.0. The predicted molar refractivity (Wildman–Crippen MR) is 113 cm³/mol. The lowest BCUT2D eigenvalue weighted by Crippen LogP contribution is -2.57. The van der Waals surface area contributed by atoms with E-state index in [1.807, 2.05) is 42.3 Å². The molecule has 1 N–H and O–H groups in total. The summed E-state index contributed by atoms with van der Waals surface area (Å²) in [6.07, 6.45) is 1.56. The molecule has 0 bridgehead atoms. The van der Waals surface area contributed by atoms with Crippen LogP contribution in [0.4, 0.5) is 4.79 Å². The van der Waals surface area contributed by atoms with E-state index < -0.39 is 0 Å². The Morgan fingerprint density at radius 3 is 2.43 bits per heavy atom. The highest BCUT2D eigenvalue weighted by atomic mass is 35.5. The summed E-state index contributed by atoms with van der Waals surface area (Å²) < 4.78 is 5.65. The molecule has 3 amide bonds. The number of hydrogen-bond donors (Lipinski definition) is 1. The first-order valence-corrected chi connectivity index (χ1v) is 10.9. The van der Waals surface area contributed by atoms with Crippen molar-refractivity contribution in [1.29, 1.82) is 0 Å². The van der Waals surface area contributed by atoms with Gasteiger partial charge >= 0.3 is 6.03 Å². The molecule has 2 aliphatic rings. The lowest BCUT2D eigenvalue weighted by atomic mass is 10.0. The summed E-state index contributed by atoms with van der Waals surface area (Å²) in [4.78, 5) is 28.8. The van der Waals surface area contributed by atoms with Gasteiger partial charge in [-0.15, -0.1) is 11.8 Å². The van der Waals surface area contributed by atoms with Crippen LogP contribution in [-0.2, 0) is 4.79 Å². The van der Waals surface area contributed by atoms with Crippen LogP contribution >= 0.6 is 23.4 Å². The number of nitrogens with zero attached hydrogens (tertiary/aromatic N) is 2. The number of hydrogen-bond acceptors (Lipinski definition) is 4. The Labute approximate surface area is 175 Å². The fourth-order valence-electron chi connectivity index (χ4n) is 3.59. The summed E-state index contributed by atoms with van der Waals surface area (Å²) in [6, 6.07) is 6.97. The molecule has 0 atom stereocenters. The first kappa shape index (κ1) is 21.1. The maximum Gasteiger partial charge on any atom is 0.317 e. The number of carbonyl (C=O) groups excluding carboxylic acids is 2. The second-order valence-electron chi connectivity index (χ2n) is 8.25. The molecule has 6 nitrogen and oxygen atoms in total. The first-order chi connectivity index (χ1) is 13.2. The highest BCUT2D eigenvalue weighted by Crippen LogP contribution is 2.44. The smallest absolute Gasteiger partial charge is 0.317 e. The van der Waals surface area contributed by atoms with Gasteiger partial charge < -0.3 is 19.9 Å². The summed E-state index contributed by atoms with van der Waals surface area (Å²) in [7, 11) is 0. The molecule has 0 aromatic heterocycles. The average Bonchev–Trinajstić information content (AvgIpc) is 3.03. The van der Waals surface area contributed by atoms with E-state index in [9.17, 15) is 9.59 Å². The van der Waals surface area contributed by atoms with Crippen molar-refractivity contribution in [2.24, 2.45) is 0 Å². The number of benzene rings is 1. The molecule has 2 heterocycles. The van der Waals surface area contributed by atoms with E-state index in [1.54, 1.807) is 24.3 Å². The minimum Gasteiger partial charge on any atom is -0.484 e. The Morgan fingerprint density at radius 2 is 1.82 bits per heavy atom. The van der Waals surface area contributed by atoms with Gasteiger partial charge in [0.15, 0.2) is 6.61 Å². The molecule has 1 aromatic carbocycles. The van der Waals surface area contributed by atoms with Crippen LogP contribution in [-0.4, -0.2) is 64.1 Å². The number of nitrogens with one attached hydrogen (secondary N) is 1. The fourth-order valence-corrected chi connectivity index (χ4v) is 5.19. The minimum absolute atomic E-state index is 0.00690. The number of halogens is 1. The van der Waals surface area contributed by atoms with Crippen molar-refractivity contribution in [3.05, 3.63) is 29.3 Å². The van der Waals surface area contributed by atoms with Crippen LogP contribution in [0.15, 0.2) is 24.3 Å². The molecular weight excluding hydrogens is 398 g/mol. The van der Waals surface area contributed by atoms with E-state index in [0.717, 1.165) is 25.1 Å². The maximum absolute atomic E-state index is 12.8. The molecule has 0 radical (unpaired) electrons. The summed E-state index contributed by atoms with van der Waals surface area (Å²) in [5.74, 6) is 1.54. The molecule has 8 heteroatoms. The van der Waals surface area contributed by atoms with E-state index >= 15 is 0 Å². The van der Waals surface area contributed by atoms with Crippen LogP contribution in [0.25, 0.3) is 0 Å². The van der Waals surface area contributed by atoms with Gasteiger partial charge in [0, 0.05) is 35.9 Å². The van der Waals surface area contributed by atoms with E-state index in [0.29, 0.717) is 23.9 Å². The molecule has 3 rings (SSSR count). The Hall–Kier alpha value is -1.60. The molecule has 1 spiro atoms. The second-order valence-corrected chi connectivity index (χ2v) is 10.1. The lowest BCUT2D eigenvalue weighted by molar-refractivity contribution is -0.136. The zero-order chi connectivity index (χ0) is 20.4. The van der Waals surface area contributed by atoms with Crippen molar-refractivity contribution < 1.29 is 14.3 Å². The molecule has 1 aromatic rings. The van der Waals surface area contributed by atoms with Crippen molar-refractivity contribution in [2.45, 2.75) is 44.0 Å². The average molecular weight is 426 g/mol. The van der Waals surface area contributed by atoms with Crippen LogP contribution < -0.4 is 10.1 Å². The fraction of sp³-hybridized carbons (Fsp3) is 0.600. The van der Waals surface area contributed by atoms with Gasteiger partial charge in [-0.3, -0.25) is 4.79 Å². The number of rotatable bonds is 3. The molecule has 2 aliphatic heterocycles. The number of thioether (sulfide) groups is 1. The molecule has 0 saturated carbocycles. The lowest BCUT2D eigenvalue weighted by Gasteiger charge is -2.44. The van der Waals surface area contributed by atoms with Crippen molar-refractivity contribution in [3.63, 3.8) is 0 Å². The zero-order valence-corrected chi connectivity index (χ0v) is 18.2. The molecule has 0 unspecified atom stereocenters. The SMILES string of the molecule is CC(C)(C)NC(=O)N1CCC2(CC1)SCCN2C(=O)COc1ccc(Cl)cc1. The molecular formula is C20H28ClN3O3S. The predicted octanol–water partition coefficient (Wildman–Crippen LogP) is 3.59. The largest absolute Gasteiger partial charge is 0.484 e. The van der Waals surface area contributed by atoms with Crippen LogP contribution in [0.5, 0.6) is 5.75 Å². The van der Waals surface area contributed by atoms with Gasteiger partial charge in [0.2, 0.25) is 0 Å². The number of piperidine rings is 1. The van der Waals surface area contributed by atoms with Gasteiger partial charge in [0.1, 0.15) is 5.75 Å². The summed E-state index contributed by atoms with van der Waals surface area (Å²) in [5.41, 5.74) is -0.255.